The minimum absolute atomic E-state index is 0.185. The highest BCUT2D eigenvalue weighted by Crippen LogP contribution is 2.37. The number of nitrogens with zero attached hydrogens (tertiary/aromatic N) is 4. The fourth-order valence-electron chi connectivity index (χ4n) is 5.70. The maximum Gasteiger partial charge on any atom is 0.246 e. The fourth-order valence-corrected chi connectivity index (χ4v) is 5.70. The Morgan fingerprint density at radius 3 is 2.18 bits per heavy atom. The second-order valence-corrected chi connectivity index (χ2v) is 9.97. The number of nitriles is 1. The third-order valence-electron chi connectivity index (χ3n) is 7.74. The quantitative estimate of drug-likeness (QED) is 0.765. The summed E-state index contributed by atoms with van der Waals surface area (Å²) in [5, 5.41) is 12.8. The molecule has 0 radical (unpaired) electrons. The average Bonchev–Trinajstić information content (AvgIpc) is 2.87. The zero-order valence-electron chi connectivity index (χ0n) is 19.7. The Bertz CT molecular complexity index is 1050. The molecular weight excluding hydrogens is 422 g/mol. The zero-order chi connectivity index (χ0) is 23.4. The highest BCUT2D eigenvalue weighted by atomic mass is 16.2. The van der Waals surface area contributed by atoms with Gasteiger partial charge in [0, 0.05) is 32.7 Å². The van der Waals surface area contributed by atoms with Crippen LogP contribution in [0.5, 0.6) is 0 Å². The molecule has 6 heteroatoms. The van der Waals surface area contributed by atoms with Gasteiger partial charge in [-0.3, -0.25) is 15.0 Å². The first kappa shape index (κ1) is 22.6. The lowest BCUT2D eigenvalue weighted by molar-refractivity contribution is -0.125. The average molecular weight is 456 g/mol. The number of hydrogen-bond acceptors (Lipinski definition) is 5. The van der Waals surface area contributed by atoms with Crippen molar-refractivity contribution in [1.82, 2.24) is 15.1 Å². The third-order valence-corrected chi connectivity index (χ3v) is 7.74. The molecule has 3 aliphatic heterocycles. The van der Waals surface area contributed by atoms with Crippen molar-refractivity contribution in [2.75, 3.05) is 26.2 Å². The van der Waals surface area contributed by atoms with E-state index in [2.05, 4.69) is 75.8 Å². The van der Waals surface area contributed by atoms with Crippen LogP contribution in [0.3, 0.4) is 0 Å². The number of piperidine rings is 2. The number of benzene rings is 2. The van der Waals surface area contributed by atoms with E-state index in [-0.39, 0.29) is 5.91 Å². The zero-order valence-corrected chi connectivity index (χ0v) is 19.7. The summed E-state index contributed by atoms with van der Waals surface area (Å²) in [6, 6.07) is 23.4. The second kappa shape index (κ2) is 9.99. The maximum atomic E-state index is 13.0. The molecular formula is C28H33N5O. The van der Waals surface area contributed by atoms with Gasteiger partial charge in [0.05, 0.1) is 11.6 Å². The van der Waals surface area contributed by atoms with E-state index in [0.29, 0.717) is 11.9 Å². The summed E-state index contributed by atoms with van der Waals surface area (Å²) in [7, 11) is 0. The topological polar surface area (TPSA) is 71.7 Å². The van der Waals surface area contributed by atoms with Crippen molar-refractivity contribution >= 4 is 11.9 Å². The van der Waals surface area contributed by atoms with E-state index in [1.165, 1.54) is 11.1 Å². The summed E-state index contributed by atoms with van der Waals surface area (Å²) < 4.78 is 0. The third kappa shape index (κ3) is 4.85. The van der Waals surface area contributed by atoms with Crippen molar-refractivity contribution in [3.8, 4) is 6.07 Å². The number of guanidine groups is 1. The Kier molecular flexibility index (Phi) is 6.64. The molecule has 0 bridgehead atoms. The van der Waals surface area contributed by atoms with Crippen molar-refractivity contribution in [2.24, 2.45) is 16.8 Å². The molecule has 2 fully saturated rings. The van der Waals surface area contributed by atoms with Crippen LogP contribution in [0.4, 0.5) is 0 Å². The van der Waals surface area contributed by atoms with Crippen LogP contribution in [-0.4, -0.2) is 53.4 Å². The molecule has 34 heavy (non-hydrogen) atoms. The van der Waals surface area contributed by atoms with E-state index in [4.69, 9.17) is 4.99 Å². The SMILES string of the molecule is N#C[C@@H]1C(=O)NC(N2CCC(Cc3ccccc3)CC2)=NC12CCN(Cc1ccccc1)CC2. The van der Waals surface area contributed by atoms with Crippen LogP contribution in [0.2, 0.25) is 0 Å². The van der Waals surface area contributed by atoms with Gasteiger partial charge in [0.15, 0.2) is 5.92 Å². The molecule has 0 saturated carbocycles. The fraction of sp³-hybridized carbons (Fsp3) is 0.464. The number of aliphatic imine (C=N–C) groups is 1. The summed E-state index contributed by atoms with van der Waals surface area (Å²) in [5.74, 6) is 0.438. The van der Waals surface area contributed by atoms with Gasteiger partial charge in [-0.15, -0.1) is 0 Å². The lowest BCUT2D eigenvalue weighted by Gasteiger charge is -2.45. The Labute approximate surface area is 202 Å². The van der Waals surface area contributed by atoms with E-state index in [9.17, 15) is 10.1 Å². The van der Waals surface area contributed by atoms with Crippen molar-refractivity contribution in [3.63, 3.8) is 0 Å². The Morgan fingerprint density at radius 2 is 1.56 bits per heavy atom. The number of rotatable bonds is 4. The monoisotopic (exact) mass is 455 g/mol. The van der Waals surface area contributed by atoms with Gasteiger partial charge in [0.25, 0.3) is 0 Å². The summed E-state index contributed by atoms with van der Waals surface area (Å²) in [6.45, 7) is 4.37. The molecule has 1 amide bonds. The molecule has 2 aromatic rings. The molecule has 0 aliphatic carbocycles. The molecule has 3 heterocycles. The number of carbonyl (C=O) groups excluding carboxylic acids is 1. The van der Waals surface area contributed by atoms with Crippen LogP contribution in [0, 0.1) is 23.2 Å². The van der Waals surface area contributed by atoms with Crippen LogP contribution < -0.4 is 5.32 Å². The van der Waals surface area contributed by atoms with Crippen LogP contribution in [0.15, 0.2) is 65.7 Å². The van der Waals surface area contributed by atoms with Gasteiger partial charge in [-0.25, -0.2) is 4.99 Å². The molecule has 1 atom stereocenters. The molecule has 176 valence electrons. The summed E-state index contributed by atoms with van der Waals surface area (Å²) in [4.78, 5) is 22.7. The van der Waals surface area contributed by atoms with E-state index in [1.807, 2.05) is 6.07 Å². The largest absolute Gasteiger partial charge is 0.343 e. The normalized spacial score (nSPS) is 23.3. The van der Waals surface area contributed by atoms with Crippen LogP contribution in [0.1, 0.15) is 36.8 Å². The summed E-state index contributed by atoms with van der Waals surface area (Å²) >= 11 is 0. The van der Waals surface area contributed by atoms with Crippen LogP contribution in [-0.2, 0) is 17.8 Å². The highest BCUT2D eigenvalue weighted by Gasteiger charge is 2.49. The van der Waals surface area contributed by atoms with Gasteiger partial charge in [-0.05, 0) is 49.1 Å². The summed E-state index contributed by atoms with van der Waals surface area (Å²) in [6.07, 6.45) is 4.75. The first-order valence-corrected chi connectivity index (χ1v) is 12.5. The smallest absolute Gasteiger partial charge is 0.246 e. The van der Waals surface area contributed by atoms with Gasteiger partial charge in [-0.1, -0.05) is 60.7 Å². The van der Waals surface area contributed by atoms with Crippen molar-refractivity contribution in [2.45, 2.75) is 44.2 Å². The number of nitrogens with one attached hydrogen (secondary N) is 1. The lowest BCUT2D eigenvalue weighted by atomic mass is 9.76. The van der Waals surface area contributed by atoms with Gasteiger partial charge in [-0.2, -0.15) is 5.26 Å². The first-order chi connectivity index (χ1) is 16.6. The van der Waals surface area contributed by atoms with Crippen LogP contribution in [0.25, 0.3) is 0 Å². The maximum absolute atomic E-state index is 13.0. The Balaban J connectivity index is 1.24. The second-order valence-electron chi connectivity index (χ2n) is 9.97. The van der Waals surface area contributed by atoms with Crippen molar-refractivity contribution < 1.29 is 4.79 Å². The standard InChI is InChI=1S/C28H33N5O/c29-20-25-26(34)30-27(33-15-11-23(12-16-33)19-22-7-3-1-4-8-22)31-28(25)13-17-32(18-14-28)21-24-9-5-2-6-10-24/h1-10,23,25H,11-19,21H2,(H,30,31,34)/t25-/m1/s1. The van der Waals surface area contributed by atoms with E-state index < -0.39 is 11.5 Å². The molecule has 1 spiro atoms. The van der Waals surface area contributed by atoms with Gasteiger partial charge in [0.2, 0.25) is 11.9 Å². The molecule has 2 aromatic carbocycles. The van der Waals surface area contributed by atoms with Crippen molar-refractivity contribution in [3.05, 3.63) is 71.8 Å². The van der Waals surface area contributed by atoms with Crippen molar-refractivity contribution in [1.29, 1.82) is 5.26 Å². The van der Waals surface area contributed by atoms with E-state index >= 15 is 0 Å². The molecule has 2 saturated heterocycles. The molecule has 6 nitrogen and oxygen atoms in total. The number of amides is 1. The predicted octanol–water partition coefficient (Wildman–Crippen LogP) is 3.60. The Hall–Kier alpha value is -3.17. The van der Waals surface area contributed by atoms with Crippen LogP contribution >= 0.6 is 0 Å². The van der Waals surface area contributed by atoms with E-state index in [0.717, 1.165) is 64.8 Å². The Morgan fingerprint density at radius 1 is 0.941 bits per heavy atom. The van der Waals surface area contributed by atoms with Gasteiger partial charge >= 0.3 is 0 Å². The number of likely N-dealkylation sites (tertiary alicyclic amines) is 2. The van der Waals surface area contributed by atoms with Gasteiger partial charge in [0.1, 0.15) is 0 Å². The first-order valence-electron chi connectivity index (χ1n) is 12.5. The minimum atomic E-state index is -0.717. The minimum Gasteiger partial charge on any atom is -0.343 e. The summed E-state index contributed by atoms with van der Waals surface area (Å²) in [5.41, 5.74) is 2.07. The number of hydrogen-bond donors (Lipinski definition) is 1. The molecule has 3 aliphatic rings. The van der Waals surface area contributed by atoms with E-state index in [1.54, 1.807) is 0 Å². The lowest BCUT2D eigenvalue weighted by Crippen LogP contribution is -2.60. The number of carbonyl (C=O) groups is 1. The van der Waals surface area contributed by atoms with Gasteiger partial charge < -0.3 is 4.90 Å². The predicted molar refractivity (Wildman–Crippen MR) is 133 cm³/mol. The molecule has 5 rings (SSSR count). The molecule has 0 aromatic heterocycles. The molecule has 0 unspecified atom stereocenters. The highest BCUT2D eigenvalue weighted by molar-refractivity contribution is 6.02. The molecule has 1 N–H and O–H groups in total.